The molecule has 0 aromatic heterocycles. The molecular formula is C11H17ClO2. The van der Waals surface area contributed by atoms with Crippen LogP contribution in [-0.4, -0.2) is 22.4 Å². The topological polar surface area (TPSA) is 37.3 Å². The van der Waals surface area contributed by atoms with Crippen molar-refractivity contribution in [3.63, 3.8) is 0 Å². The van der Waals surface area contributed by atoms with E-state index in [2.05, 4.69) is 6.58 Å². The summed E-state index contributed by atoms with van der Waals surface area (Å²) in [7, 11) is 0. The van der Waals surface area contributed by atoms with Crippen LogP contribution in [0.3, 0.4) is 0 Å². The summed E-state index contributed by atoms with van der Waals surface area (Å²) in [6.45, 7) is 3.55. The number of hydrogen-bond donors (Lipinski definition) is 1. The van der Waals surface area contributed by atoms with E-state index in [0.717, 1.165) is 25.7 Å². The molecular weight excluding hydrogens is 200 g/mol. The van der Waals surface area contributed by atoms with Gasteiger partial charge in [0.1, 0.15) is 5.60 Å². The van der Waals surface area contributed by atoms with Crippen LogP contribution in [0, 0.1) is 5.92 Å². The number of hydrogen-bond acceptors (Lipinski definition) is 2. The second-order valence-electron chi connectivity index (χ2n) is 3.92. The van der Waals surface area contributed by atoms with Gasteiger partial charge in [-0.15, -0.1) is 11.6 Å². The Balaban J connectivity index is 2.76. The third kappa shape index (κ3) is 2.18. The van der Waals surface area contributed by atoms with Crippen LogP contribution in [0.5, 0.6) is 0 Å². The van der Waals surface area contributed by atoms with Crippen LogP contribution in [0.4, 0.5) is 0 Å². The van der Waals surface area contributed by atoms with Crippen molar-refractivity contribution in [2.75, 3.05) is 5.88 Å². The Morgan fingerprint density at radius 3 is 2.50 bits per heavy atom. The molecule has 0 amide bonds. The Morgan fingerprint density at radius 2 is 2.07 bits per heavy atom. The Morgan fingerprint density at radius 1 is 1.50 bits per heavy atom. The van der Waals surface area contributed by atoms with Crippen molar-refractivity contribution >= 4 is 17.4 Å². The van der Waals surface area contributed by atoms with Gasteiger partial charge in [0.25, 0.3) is 0 Å². The van der Waals surface area contributed by atoms with Gasteiger partial charge in [-0.1, -0.05) is 31.9 Å². The second kappa shape index (κ2) is 4.94. The van der Waals surface area contributed by atoms with Gasteiger partial charge in [0.2, 0.25) is 0 Å². The molecule has 14 heavy (non-hydrogen) atoms. The molecule has 2 nitrogen and oxygen atoms in total. The normalized spacial score (nSPS) is 22.7. The average molecular weight is 217 g/mol. The van der Waals surface area contributed by atoms with E-state index in [4.69, 9.17) is 11.6 Å². The fourth-order valence-corrected chi connectivity index (χ4v) is 2.37. The lowest BCUT2D eigenvalue weighted by Crippen LogP contribution is -2.45. The van der Waals surface area contributed by atoms with Gasteiger partial charge in [-0.3, -0.25) is 4.79 Å². The first kappa shape index (κ1) is 11.7. The molecule has 1 fully saturated rings. The van der Waals surface area contributed by atoms with Crippen molar-refractivity contribution in [2.45, 2.75) is 37.7 Å². The highest BCUT2D eigenvalue weighted by Gasteiger charge is 2.40. The molecule has 0 radical (unpaired) electrons. The monoisotopic (exact) mass is 216 g/mol. The molecule has 0 unspecified atom stereocenters. The number of alkyl halides is 1. The van der Waals surface area contributed by atoms with Crippen LogP contribution in [0.1, 0.15) is 32.1 Å². The largest absolute Gasteiger partial charge is 0.378 e. The molecule has 0 heterocycles. The van der Waals surface area contributed by atoms with E-state index in [1.807, 2.05) is 0 Å². The summed E-state index contributed by atoms with van der Waals surface area (Å²) in [5.41, 5.74) is -1.39. The smallest absolute Gasteiger partial charge is 0.183 e. The molecule has 1 aliphatic carbocycles. The molecule has 1 saturated carbocycles. The summed E-state index contributed by atoms with van der Waals surface area (Å²) in [5, 5.41) is 10.2. The number of Topliss-reactive ketones (excluding diaryl/α,β-unsaturated/α-hetero) is 1. The fourth-order valence-electron chi connectivity index (χ4n) is 2.16. The van der Waals surface area contributed by atoms with Crippen LogP contribution >= 0.6 is 11.6 Å². The van der Waals surface area contributed by atoms with E-state index in [0.29, 0.717) is 0 Å². The van der Waals surface area contributed by atoms with Crippen molar-refractivity contribution in [3.05, 3.63) is 12.7 Å². The van der Waals surface area contributed by atoms with Gasteiger partial charge in [-0.05, 0) is 18.8 Å². The van der Waals surface area contributed by atoms with E-state index in [9.17, 15) is 9.90 Å². The van der Waals surface area contributed by atoms with Crippen molar-refractivity contribution < 1.29 is 9.90 Å². The van der Waals surface area contributed by atoms with Crippen LogP contribution in [0.15, 0.2) is 12.7 Å². The first-order valence-corrected chi connectivity index (χ1v) is 5.64. The number of rotatable bonds is 4. The summed E-state index contributed by atoms with van der Waals surface area (Å²) in [6.07, 6.45) is 6.50. The zero-order valence-corrected chi connectivity index (χ0v) is 9.09. The minimum absolute atomic E-state index is 0.0139. The SMILES string of the molecule is C=C[C@@](O)(C(=O)CCl)C1CCCCC1. The summed E-state index contributed by atoms with van der Waals surface area (Å²) < 4.78 is 0. The zero-order chi connectivity index (χ0) is 10.6. The maximum atomic E-state index is 11.5. The van der Waals surface area contributed by atoms with Gasteiger partial charge in [-0.25, -0.2) is 0 Å². The summed E-state index contributed by atoms with van der Waals surface area (Å²) in [4.78, 5) is 11.5. The van der Waals surface area contributed by atoms with Gasteiger partial charge in [0.05, 0.1) is 5.88 Å². The first-order valence-electron chi connectivity index (χ1n) is 5.10. The quantitative estimate of drug-likeness (QED) is 0.579. The molecule has 0 bridgehead atoms. The fraction of sp³-hybridized carbons (Fsp3) is 0.727. The van der Waals surface area contributed by atoms with Crippen molar-refractivity contribution in [2.24, 2.45) is 5.92 Å². The Kier molecular flexibility index (Phi) is 4.14. The molecule has 1 atom stereocenters. The highest BCUT2D eigenvalue weighted by Crippen LogP contribution is 2.34. The predicted octanol–water partition coefficient (Wildman–Crippen LogP) is 2.29. The molecule has 1 rings (SSSR count). The molecule has 80 valence electrons. The Labute approximate surface area is 90.0 Å². The van der Waals surface area contributed by atoms with Crippen molar-refractivity contribution in [3.8, 4) is 0 Å². The molecule has 3 heteroatoms. The minimum Gasteiger partial charge on any atom is -0.378 e. The minimum atomic E-state index is -1.39. The highest BCUT2D eigenvalue weighted by atomic mass is 35.5. The summed E-state index contributed by atoms with van der Waals surface area (Å²) in [6, 6.07) is 0. The third-order valence-electron chi connectivity index (χ3n) is 3.11. The van der Waals surface area contributed by atoms with E-state index in [1.165, 1.54) is 12.5 Å². The molecule has 1 N–H and O–H groups in total. The van der Waals surface area contributed by atoms with Crippen LogP contribution < -0.4 is 0 Å². The molecule has 0 aliphatic heterocycles. The number of aliphatic hydroxyl groups is 1. The number of ketones is 1. The second-order valence-corrected chi connectivity index (χ2v) is 4.19. The standard InChI is InChI=1S/C11H17ClO2/c1-2-11(14,10(13)8-12)9-6-4-3-5-7-9/h2,9,14H,1,3-8H2/t11-/m0/s1. The van der Waals surface area contributed by atoms with Crippen LogP contribution in [-0.2, 0) is 4.79 Å². The van der Waals surface area contributed by atoms with Crippen molar-refractivity contribution in [1.29, 1.82) is 0 Å². The number of halogens is 1. The first-order chi connectivity index (χ1) is 6.65. The van der Waals surface area contributed by atoms with E-state index in [1.54, 1.807) is 0 Å². The Bertz CT molecular complexity index is 221. The number of carbonyl (C=O) groups is 1. The maximum absolute atomic E-state index is 11.5. The molecule has 0 saturated heterocycles. The predicted molar refractivity (Wildman–Crippen MR) is 57.4 cm³/mol. The van der Waals surface area contributed by atoms with Crippen LogP contribution in [0.2, 0.25) is 0 Å². The Hall–Kier alpha value is -0.340. The highest BCUT2D eigenvalue weighted by molar-refractivity contribution is 6.29. The summed E-state index contributed by atoms with van der Waals surface area (Å²) >= 11 is 5.48. The summed E-state index contributed by atoms with van der Waals surface area (Å²) in [5.74, 6) is -0.444. The molecule has 0 aromatic rings. The lowest BCUT2D eigenvalue weighted by molar-refractivity contribution is -0.135. The van der Waals surface area contributed by atoms with Gasteiger partial charge < -0.3 is 5.11 Å². The van der Waals surface area contributed by atoms with E-state index in [-0.39, 0.29) is 17.6 Å². The lowest BCUT2D eigenvalue weighted by Gasteiger charge is -2.34. The molecule has 1 aliphatic rings. The third-order valence-corrected chi connectivity index (χ3v) is 3.35. The maximum Gasteiger partial charge on any atom is 0.183 e. The zero-order valence-electron chi connectivity index (χ0n) is 8.34. The van der Waals surface area contributed by atoms with Crippen molar-refractivity contribution in [1.82, 2.24) is 0 Å². The lowest BCUT2D eigenvalue weighted by atomic mass is 9.75. The van der Waals surface area contributed by atoms with Crippen LogP contribution in [0.25, 0.3) is 0 Å². The van der Waals surface area contributed by atoms with Gasteiger partial charge in [0.15, 0.2) is 5.78 Å². The van der Waals surface area contributed by atoms with E-state index < -0.39 is 5.60 Å². The van der Waals surface area contributed by atoms with Gasteiger partial charge >= 0.3 is 0 Å². The van der Waals surface area contributed by atoms with E-state index >= 15 is 0 Å². The number of carbonyl (C=O) groups excluding carboxylic acids is 1. The van der Waals surface area contributed by atoms with Gasteiger partial charge in [0, 0.05) is 0 Å². The molecule has 0 aromatic carbocycles. The van der Waals surface area contributed by atoms with Gasteiger partial charge in [-0.2, -0.15) is 0 Å². The average Bonchev–Trinajstić information content (AvgIpc) is 2.28. The molecule has 0 spiro atoms.